The molecule has 1 aliphatic carbocycles. The number of hydrogen-bond donors (Lipinski definition) is 2. The van der Waals surface area contributed by atoms with E-state index < -0.39 is 0 Å². The van der Waals surface area contributed by atoms with Gasteiger partial charge in [0, 0.05) is 27.1 Å². The zero-order valence-corrected chi connectivity index (χ0v) is 14.2. The molecule has 23 heavy (non-hydrogen) atoms. The molecular formula is C19H17BrN2O. The molecular weight excluding hydrogens is 352 g/mol. The number of halogens is 1. The fraction of sp³-hybridized carbons (Fsp3) is 0.211. The number of aromatic nitrogens is 1. The second-order valence-corrected chi connectivity index (χ2v) is 6.88. The summed E-state index contributed by atoms with van der Waals surface area (Å²) < 4.78 is 0.834. The van der Waals surface area contributed by atoms with Crippen LogP contribution in [0.2, 0.25) is 0 Å². The van der Waals surface area contributed by atoms with Crippen molar-refractivity contribution in [3.05, 3.63) is 69.8 Å². The minimum absolute atomic E-state index is 0.00855. The third kappa shape index (κ3) is 2.68. The van der Waals surface area contributed by atoms with Gasteiger partial charge in [0.25, 0.3) is 5.91 Å². The van der Waals surface area contributed by atoms with E-state index in [1.165, 1.54) is 22.2 Å². The van der Waals surface area contributed by atoms with Gasteiger partial charge in [-0.2, -0.15) is 0 Å². The number of benzene rings is 2. The van der Waals surface area contributed by atoms with Gasteiger partial charge in [-0.15, -0.1) is 0 Å². The summed E-state index contributed by atoms with van der Waals surface area (Å²) in [7, 11) is 0. The number of fused-ring (bicyclic) bond motifs is 3. The van der Waals surface area contributed by atoms with Gasteiger partial charge < -0.3 is 10.3 Å². The molecule has 1 amide bonds. The minimum atomic E-state index is -0.00855. The highest BCUT2D eigenvalue weighted by atomic mass is 79.9. The van der Waals surface area contributed by atoms with Crippen molar-refractivity contribution < 1.29 is 4.79 Å². The lowest BCUT2D eigenvalue weighted by Gasteiger charge is -2.24. The third-order valence-corrected chi connectivity index (χ3v) is 5.24. The zero-order valence-electron chi connectivity index (χ0n) is 12.6. The Labute approximate surface area is 143 Å². The monoisotopic (exact) mass is 368 g/mol. The number of carbonyl (C=O) groups excluding carboxylic acids is 1. The molecule has 1 aliphatic rings. The summed E-state index contributed by atoms with van der Waals surface area (Å²) in [6.07, 6.45) is 2.83. The average molecular weight is 369 g/mol. The molecule has 1 unspecified atom stereocenters. The Hall–Kier alpha value is -2.07. The van der Waals surface area contributed by atoms with E-state index in [1.807, 2.05) is 24.3 Å². The third-order valence-electron chi connectivity index (χ3n) is 4.55. The van der Waals surface area contributed by atoms with Crippen molar-refractivity contribution in [2.24, 2.45) is 0 Å². The van der Waals surface area contributed by atoms with Gasteiger partial charge in [0.2, 0.25) is 0 Å². The van der Waals surface area contributed by atoms with Crippen molar-refractivity contribution in [2.45, 2.75) is 25.3 Å². The Balaban J connectivity index is 1.56. The molecule has 0 radical (unpaired) electrons. The number of rotatable bonds is 2. The molecule has 116 valence electrons. The Morgan fingerprint density at radius 2 is 1.91 bits per heavy atom. The quantitative estimate of drug-likeness (QED) is 0.698. The second-order valence-electron chi connectivity index (χ2n) is 6.02. The van der Waals surface area contributed by atoms with E-state index in [0.717, 1.165) is 23.7 Å². The highest BCUT2D eigenvalue weighted by Gasteiger charge is 2.24. The lowest BCUT2D eigenvalue weighted by Crippen LogP contribution is -2.38. The van der Waals surface area contributed by atoms with Crippen LogP contribution in [0.15, 0.2) is 53.0 Å². The van der Waals surface area contributed by atoms with E-state index in [4.69, 9.17) is 0 Å². The van der Waals surface area contributed by atoms with Gasteiger partial charge in [0.1, 0.15) is 0 Å². The van der Waals surface area contributed by atoms with Crippen LogP contribution in [0, 0.1) is 0 Å². The molecule has 4 rings (SSSR count). The molecule has 4 heteroatoms. The summed E-state index contributed by atoms with van der Waals surface area (Å²) in [5.74, 6) is -0.00855. The average Bonchev–Trinajstić information content (AvgIpc) is 2.93. The largest absolute Gasteiger partial charge is 0.358 e. The van der Waals surface area contributed by atoms with Crippen molar-refractivity contribution in [1.82, 2.24) is 10.3 Å². The predicted molar refractivity (Wildman–Crippen MR) is 95.7 cm³/mol. The van der Waals surface area contributed by atoms with E-state index in [0.29, 0.717) is 5.56 Å². The number of hydrogen-bond acceptors (Lipinski definition) is 1. The summed E-state index contributed by atoms with van der Waals surface area (Å²) in [4.78, 5) is 16.0. The lowest BCUT2D eigenvalue weighted by molar-refractivity contribution is 0.0933. The maximum absolute atomic E-state index is 12.5. The van der Waals surface area contributed by atoms with Crippen molar-refractivity contribution in [3.63, 3.8) is 0 Å². The van der Waals surface area contributed by atoms with Crippen LogP contribution in [0.5, 0.6) is 0 Å². The van der Waals surface area contributed by atoms with Crippen LogP contribution >= 0.6 is 15.9 Å². The Morgan fingerprint density at radius 3 is 2.78 bits per heavy atom. The maximum atomic E-state index is 12.5. The van der Waals surface area contributed by atoms with Crippen molar-refractivity contribution in [1.29, 1.82) is 0 Å². The highest BCUT2D eigenvalue weighted by molar-refractivity contribution is 9.10. The van der Waals surface area contributed by atoms with Gasteiger partial charge in [-0.3, -0.25) is 4.79 Å². The Bertz CT molecular complexity index is 884. The number of carbonyl (C=O) groups is 1. The van der Waals surface area contributed by atoms with Crippen LogP contribution in [0.4, 0.5) is 0 Å². The molecule has 1 atom stereocenters. The normalized spacial score (nSPS) is 17.0. The molecule has 0 saturated heterocycles. The summed E-state index contributed by atoms with van der Waals surface area (Å²) in [5, 5.41) is 4.47. The van der Waals surface area contributed by atoms with Gasteiger partial charge in [0.15, 0.2) is 0 Å². The van der Waals surface area contributed by atoms with E-state index in [-0.39, 0.29) is 11.9 Å². The topological polar surface area (TPSA) is 44.9 Å². The molecule has 2 N–H and O–H groups in total. The number of aryl methyl sites for hydroxylation is 1. The van der Waals surface area contributed by atoms with E-state index in [9.17, 15) is 4.79 Å². The molecule has 0 aliphatic heterocycles. The highest BCUT2D eigenvalue weighted by Crippen LogP contribution is 2.29. The summed E-state index contributed by atoms with van der Waals surface area (Å²) in [6, 6.07) is 16.1. The molecule has 0 spiro atoms. The van der Waals surface area contributed by atoms with Crippen LogP contribution in [0.3, 0.4) is 0 Å². The van der Waals surface area contributed by atoms with Crippen LogP contribution in [0.1, 0.15) is 28.0 Å². The fourth-order valence-electron chi connectivity index (χ4n) is 3.40. The van der Waals surface area contributed by atoms with E-state index in [2.05, 4.69) is 50.5 Å². The van der Waals surface area contributed by atoms with Crippen molar-refractivity contribution >= 4 is 32.7 Å². The van der Waals surface area contributed by atoms with Crippen LogP contribution in [-0.2, 0) is 12.8 Å². The molecule has 0 saturated carbocycles. The fourth-order valence-corrected chi connectivity index (χ4v) is 3.87. The zero-order chi connectivity index (χ0) is 15.8. The standard InChI is InChI=1S/C19H17BrN2O/c20-16-7-3-1-6-14(16)19(23)21-12-9-10-18-15(11-12)13-5-2-4-8-17(13)22-18/h1-8,12,22H,9-11H2,(H,21,23). The Morgan fingerprint density at radius 1 is 1.13 bits per heavy atom. The predicted octanol–water partition coefficient (Wildman–Crippen LogP) is 4.22. The number of nitrogens with one attached hydrogen (secondary N) is 2. The van der Waals surface area contributed by atoms with Gasteiger partial charge >= 0.3 is 0 Å². The lowest BCUT2D eigenvalue weighted by atomic mass is 9.91. The second kappa shape index (κ2) is 5.85. The molecule has 2 aromatic carbocycles. The molecule has 0 bridgehead atoms. The Kier molecular flexibility index (Phi) is 3.69. The minimum Gasteiger partial charge on any atom is -0.358 e. The molecule has 1 heterocycles. The number of amides is 1. The van der Waals surface area contributed by atoms with Crippen molar-refractivity contribution in [3.8, 4) is 0 Å². The molecule has 3 nitrogen and oxygen atoms in total. The first-order valence-corrected chi connectivity index (χ1v) is 8.65. The van der Waals surface area contributed by atoms with Gasteiger partial charge in [0.05, 0.1) is 5.56 Å². The summed E-state index contributed by atoms with van der Waals surface area (Å²) in [5.41, 5.74) is 4.55. The number of aromatic amines is 1. The molecule has 0 fully saturated rings. The SMILES string of the molecule is O=C(NC1CCc2[nH]c3ccccc3c2C1)c1ccccc1Br. The van der Waals surface area contributed by atoms with E-state index in [1.54, 1.807) is 0 Å². The molecule has 1 aromatic heterocycles. The first kappa shape index (κ1) is 14.5. The first-order chi connectivity index (χ1) is 11.2. The smallest absolute Gasteiger partial charge is 0.252 e. The van der Waals surface area contributed by atoms with Gasteiger partial charge in [-0.25, -0.2) is 0 Å². The van der Waals surface area contributed by atoms with E-state index >= 15 is 0 Å². The van der Waals surface area contributed by atoms with Gasteiger partial charge in [-0.05, 0) is 59.0 Å². The number of H-pyrrole nitrogens is 1. The first-order valence-electron chi connectivity index (χ1n) is 7.86. The maximum Gasteiger partial charge on any atom is 0.252 e. The summed E-state index contributed by atoms with van der Waals surface area (Å²) in [6.45, 7) is 0. The molecule has 3 aromatic rings. The number of para-hydroxylation sites is 1. The van der Waals surface area contributed by atoms with Crippen LogP contribution < -0.4 is 5.32 Å². The van der Waals surface area contributed by atoms with Gasteiger partial charge in [-0.1, -0.05) is 30.3 Å². The van der Waals surface area contributed by atoms with Crippen LogP contribution in [0.25, 0.3) is 10.9 Å². The van der Waals surface area contributed by atoms with Crippen molar-refractivity contribution in [2.75, 3.05) is 0 Å². The summed E-state index contributed by atoms with van der Waals surface area (Å²) >= 11 is 3.45. The van der Waals surface area contributed by atoms with Crippen LogP contribution in [-0.4, -0.2) is 16.9 Å².